The summed E-state index contributed by atoms with van der Waals surface area (Å²) in [6.45, 7) is 2.55. The van der Waals surface area contributed by atoms with Crippen LogP contribution in [0.25, 0.3) is 5.70 Å². The molecule has 4 heteroatoms. The van der Waals surface area contributed by atoms with Crippen molar-refractivity contribution in [1.82, 2.24) is 0 Å². The van der Waals surface area contributed by atoms with Gasteiger partial charge in [0.25, 0.3) is 0 Å². The van der Waals surface area contributed by atoms with E-state index in [1.165, 1.54) is 0 Å². The second-order valence-corrected chi connectivity index (χ2v) is 7.52. The molecule has 0 spiro atoms. The number of carbonyl (C=O) groups is 2. The third-order valence-corrected chi connectivity index (χ3v) is 5.94. The summed E-state index contributed by atoms with van der Waals surface area (Å²) in [6, 6.07) is 15.5. The second-order valence-electron chi connectivity index (χ2n) is 7.52. The normalized spacial score (nSPS) is 23.1. The molecule has 0 amide bonds. The van der Waals surface area contributed by atoms with E-state index in [0.29, 0.717) is 24.2 Å². The van der Waals surface area contributed by atoms with Crippen LogP contribution < -0.4 is 4.74 Å². The van der Waals surface area contributed by atoms with E-state index in [1.54, 1.807) is 0 Å². The van der Waals surface area contributed by atoms with Gasteiger partial charge in [0.15, 0.2) is 5.78 Å². The minimum absolute atomic E-state index is 0.00524. The highest BCUT2D eigenvalue weighted by atomic mass is 16.5. The molecule has 28 heavy (non-hydrogen) atoms. The van der Waals surface area contributed by atoms with Crippen molar-refractivity contribution in [1.29, 1.82) is 0 Å². The Morgan fingerprint density at radius 2 is 1.71 bits per heavy atom. The molecule has 1 heterocycles. The smallest absolute Gasteiger partial charge is 0.192 e. The predicted molar refractivity (Wildman–Crippen MR) is 108 cm³/mol. The lowest BCUT2D eigenvalue weighted by Gasteiger charge is -2.34. The van der Waals surface area contributed by atoms with Crippen LogP contribution in [-0.2, 0) is 4.79 Å². The fourth-order valence-corrected chi connectivity index (χ4v) is 4.75. The Labute approximate surface area is 163 Å². The van der Waals surface area contributed by atoms with E-state index in [1.807, 2.05) is 55.5 Å². The first-order chi connectivity index (χ1) is 13.7. The van der Waals surface area contributed by atoms with Crippen LogP contribution in [0.1, 0.15) is 53.6 Å². The molecule has 0 aromatic heterocycles. The number of ketones is 2. The lowest BCUT2D eigenvalue weighted by atomic mass is 9.69. The molecule has 0 radical (unpaired) electrons. The number of ether oxygens (including phenoxy) is 1. The average Bonchev–Trinajstić information content (AvgIpc) is 3.00. The van der Waals surface area contributed by atoms with Crippen molar-refractivity contribution in [3.8, 4) is 5.75 Å². The molecule has 0 saturated heterocycles. The summed E-state index contributed by atoms with van der Waals surface area (Å²) in [5, 5.41) is 0. The number of carbonyl (C=O) groups excluding carboxylic acids is 2. The van der Waals surface area contributed by atoms with Gasteiger partial charge in [-0.2, -0.15) is 0 Å². The van der Waals surface area contributed by atoms with Crippen LogP contribution in [0.2, 0.25) is 0 Å². The fraction of sp³-hybridized carbons (Fsp3) is 0.292. The van der Waals surface area contributed by atoms with Gasteiger partial charge in [-0.3, -0.25) is 14.6 Å². The first-order valence-electron chi connectivity index (χ1n) is 9.90. The third kappa shape index (κ3) is 2.48. The highest BCUT2D eigenvalue weighted by Gasteiger charge is 2.46. The van der Waals surface area contributed by atoms with Gasteiger partial charge >= 0.3 is 0 Å². The Kier molecular flexibility index (Phi) is 4.00. The molecule has 2 aliphatic carbocycles. The summed E-state index contributed by atoms with van der Waals surface area (Å²) in [7, 11) is 0. The van der Waals surface area contributed by atoms with E-state index in [9.17, 15) is 9.59 Å². The molecule has 1 unspecified atom stereocenters. The quantitative estimate of drug-likeness (QED) is 0.792. The minimum Gasteiger partial charge on any atom is -0.494 e. The van der Waals surface area contributed by atoms with Crippen molar-refractivity contribution in [2.45, 2.75) is 32.1 Å². The summed E-state index contributed by atoms with van der Waals surface area (Å²) in [5.74, 6) is 0.389. The van der Waals surface area contributed by atoms with Gasteiger partial charge in [-0.25, -0.2) is 0 Å². The molecule has 5 rings (SSSR count). The molecule has 3 aliphatic rings. The van der Waals surface area contributed by atoms with Crippen LogP contribution in [0.4, 0.5) is 0 Å². The molecule has 1 fully saturated rings. The molecule has 4 nitrogen and oxygen atoms in total. The number of rotatable bonds is 3. The summed E-state index contributed by atoms with van der Waals surface area (Å²) < 4.78 is 5.56. The molecule has 140 valence electrons. The highest BCUT2D eigenvalue weighted by molar-refractivity contribution is 6.25. The zero-order chi connectivity index (χ0) is 19.3. The molecule has 1 aliphatic heterocycles. The Hall–Kier alpha value is -3.01. The first kappa shape index (κ1) is 17.1. The maximum Gasteiger partial charge on any atom is 0.192 e. The lowest BCUT2D eigenvalue weighted by molar-refractivity contribution is -0.121. The number of benzene rings is 2. The van der Waals surface area contributed by atoms with Crippen molar-refractivity contribution in [3.63, 3.8) is 0 Å². The summed E-state index contributed by atoms with van der Waals surface area (Å²) in [4.78, 5) is 31.1. The molecule has 1 saturated carbocycles. The van der Waals surface area contributed by atoms with Crippen LogP contribution >= 0.6 is 0 Å². The van der Waals surface area contributed by atoms with E-state index in [4.69, 9.17) is 9.73 Å². The van der Waals surface area contributed by atoms with Gasteiger partial charge in [0, 0.05) is 34.8 Å². The highest BCUT2D eigenvalue weighted by Crippen LogP contribution is 2.49. The zero-order valence-electron chi connectivity index (χ0n) is 15.8. The number of allylic oxidation sites excluding steroid dienone is 1. The van der Waals surface area contributed by atoms with Gasteiger partial charge in [-0.05, 0) is 37.5 Å². The Morgan fingerprint density at radius 3 is 2.46 bits per heavy atom. The van der Waals surface area contributed by atoms with E-state index in [-0.39, 0.29) is 23.4 Å². The monoisotopic (exact) mass is 371 g/mol. The van der Waals surface area contributed by atoms with Crippen LogP contribution in [-0.4, -0.2) is 23.9 Å². The van der Waals surface area contributed by atoms with Gasteiger partial charge in [-0.15, -0.1) is 0 Å². The number of aliphatic imine (C=N–C) groups is 1. The van der Waals surface area contributed by atoms with Crippen LogP contribution in [0.3, 0.4) is 0 Å². The van der Waals surface area contributed by atoms with Gasteiger partial charge in [0.1, 0.15) is 11.5 Å². The molecule has 2 aromatic carbocycles. The van der Waals surface area contributed by atoms with Gasteiger partial charge in [0.2, 0.25) is 0 Å². The molecule has 2 aromatic rings. The number of fused-ring (bicyclic) bond motifs is 3. The SMILES string of the molecule is CCOc1ccc([C@H]2C3=C(N=C4CCCC(=O)C42)c2ccccc2C3=O)cc1. The van der Waals surface area contributed by atoms with Crippen molar-refractivity contribution >= 4 is 23.0 Å². The minimum atomic E-state index is -0.330. The van der Waals surface area contributed by atoms with Crippen molar-refractivity contribution in [2.75, 3.05) is 6.61 Å². The summed E-state index contributed by atoms with van der Waals surface area (Å²) >= 11 is 0. The van der Waals surface area contributed by atoms with Gasteiger partial charge in [-0.1, -0.05) is 36.4 Å². The van der Waals surface area contributed by atoms with Crippen molar-refractivity contribution < 1.29 is 14.3 Å². The maximum atomic E-state index is 13.3. The molecule has 0 N–H and O–H groups in total. The number of Topliss-reactive ketones (excluding diaryl/α,β-unsaturated/α-hetero) is 2. The zero-order valence-corrected chi connectivity index (χ0v) is 15.8. The van der Waals surface area contributed by atoms with Gasteiger partial charge < -0.3 is 4.74 Å². The molecule has 2 atom stereocenters. The van der Waals surface area contributed by atoms with E-state index >= 15 is 0 Å². The van der Waals surface area contributed by atoms with Crippen LogP contribution in [0.15, 0.2) is 59.1 Å². The predicted octanol–water partition coefficient (Wildman–Crippen LogP) is 4.60. The van der Waals surface area contributed by atoms with Crippen molar-refractivity contribution in [3.05, 3.63) is 70.8 Å². The summed E-state index contributed by atoms with van der Waals surface area (Å²) in [6.07, 6.45) is 2.21. The second kappa shape index (κ2) is 6.55. The molecule has 0 bridgehead atoms. The Morgan fingerprint density at radius 1 is 0.964 bits per heavy atom. The number of nitrogens with zero attached hydrogens (tertiary/aromatic N) is 1. The molecular weight excluding hydrogens is 350 g/mol. The number of hydrogen-bond acceptors (Lipinski definition) is 4. The fourth-order valence-electron chi connectivity index (χ4n) is 4.75. The van der Waals surface area contributed by atoms with Crippen LogP contribution in [0.5, 0.6) is 5.75 Å². The average molecular weight is 371 g/mol. The van der Waals surface area contributed by atoms with Crippen molar-refractivity contribution in [2.24, 2.45) is 10.9 Å². The first-order valence-corrected chi connectivity index (χ1v) is 9.90. The third-order valence-electron chi connectivity index (χ3n) is 5.94. The largest absolute Gasteiger partial charge is 0.494 e. The van der Waals surface area contributed by atoms with E-state index < -0.39 is 0 Å². The topological polar surface area (TPSA) is 55.7 Å². The lowest BCUT2D eigenvalue weighted by Crippen LogP contribution is -2.37. The van der Waals surface area contributed by atoms with E-state index in [2.05, 4.69) is 0 Å². The Balaban J connectivity index is 1.68. The van der Waals surface area contributed by atoms with Gasteiger partial charge in [0.05, 0.1) is 18.2 Å². The summed E-state index contributed by atoms with van der Waals surface area (Å²) in [5.41, 5.74) is 4.93. The number of hydrogen-bond donors (Lipinski definition) is 0. The van der Waals surface area contributed by atoms with E-state index in [0.717, 1.165) is 41.1 Å². The Bertz CT molecular complexity index is 1050. The molecular formula is C24H21NO3. The maximum absolute atomic E-state index is 13.3. The standard InChI is InChI=1S/C24H21NO3/c1-2-28-15-12-10-14(11-13-15)20-21-18(8-5-9-19(21)26)25-23-16-6-3-4-7-17(16)24(27)22(20)23/h3-4,6-7,10-13,20-21H,2,5,8-9H2,1H3/t20-,21?/m1/s1. The van der Waals surface area contributed by atoms with Crippen LogP contribution in [0, 0.1) is 5.92 Å².